The molecule has 6 nitrogen and oxygen atoms in total. The van der Waals surface area contributed by atoms with Crippen LogP contribution in [0.1, 0.15) is 56.3 Å². The third kappa shape index (κ3) is 5.03. The predicted octanol–water partition coefficient (Wildman–Crippen LogP) is 4.54. The molecule has 2 aromatic rings. The first-order chi connectivity index (χ1) is 15.2. The van der Waals surface area contributed by atoms with E-state index in [1.807, 2.05) is 43.9 Å². The van der Waals surface area contributed by atoms with Crippen molar-refractivity contribution in [1.29, 1.82) is 0 Å². The van der Waals surface area contributed by atoms with Gasteiger partial charge in [-0.1, -0.05) is 36.4 Å². The van der Waals surface area contributed by atoms with Crippen molar-refractivity contribution in [3.8, 4) is 0 Å². The third-order valence-electron chi connectivity index (χ3n) is 5.92. The molecule has 0 radical (unpaired) electrons. The molecule has 1 heterocycles. The average Bonchev–Trinajstić information content (AvgIpc) is 2.70. The van der Waals surface area contributed by atoms with Gasteiger partial charge in [0.2, 0.25) is 0 Å². The Morgan fingerprint density at radius 1 is 1.00 bits per heavy atom. The number of carbonyl (C=O) groups excluding carboxylic acids is 2. The molecule has 2 aromatic carbocycles. The zero-order chi connectivity index (χ0) is 22.9. The zero-order valence-corrected chi connectivity index (χ0v) is 18.7. The van der Waals surface area contributed by atoms with Crippen LogP contribution in [0.3, 0.4) is 0 Å². The summed E-state index contributed by atoms with van der Waals surface area (Å²) in [5.41, 5.74) is 2.61. The van der Waals surface area contributed by atoms with Crippen LogP contribution in [0.4, 0.5) is 14.0 Å². The molecule has 1 saturated carbocycles. The van der Waals surface area contributed by atoms with Crippen LogP contribution in [0.2, 0.25) is 0 Å². The largest absolute Gasteiger partial charge is 0.444 e. The van der Waals surface area contributed by atoms with Gasteiger partial charge in [0.25, 0.3) is 0 Å². The molecule has 0 spiro atoms. The van der Waals surface area contributed by atoms with Crippen LogP contribution in [0, 0.1) is 5.82 Å². The van der Waals surface area contributed by atoms with Crippen LogP contribution in [-0.4, -0.2) is 41.3 Å². The minimum absolute atomic E-state index is 0.00604. The van der Waals surface area contributed by atoms with Gasteiger partial charge in [0, 0.05) is 18.6 Å². The fourth-order valence-electron chi connectivity index (χ4n) is 4.38. The van der Waals surface area contributed by atoms with Crippen LogP contribution in [-0.2, 0) is 11.2 Å². The summed E-state index contributed by atoms with van der Waals surface area (Å²) < 4.78 is 18.8. The molecule has 1 aliphatic heterocycles. The lowest BCUT2D eigenvalue weighted by Gasteiger charge is -2.41. The summed E-state index contributed by atoms with van der Waals surface area (Å²) in [6, 6.07) is 14.0. The number of carbonyl (C=O) groups is 2. The van der Waals surface area contributed by atoms with Crippen LogP contribution in [0.25, 0.3) is 0 Å². The maximum Gasteiger partial charge on any atom is 0.407 e. The minimum atomic E-state index is -0.540. The van der Waals surface area contributed by atoms with Gasteiger partial charge in [-0.05, 0) is 68.9 Å². The number of benzene rings is 2. The summed E-state index contributed by atoms with van der Waals surface area (Å²) in [6.45, 7) is 6.05. The number of hydrogen-bond donors (Lipinski definition) is 2. The Labute approximate surface area is 188 Å². The molecule has 1 atom stereocenters. The molecule has 2 aliphatic rings. The first-order valence-corrected chi connectivity index (χ1v) is 11.1. The summed E-state index contributed by atoms with van der Waals surface area (Å²) in [5, 5.41) is 5.95. The highest BCUT2D eigenvalue weighted by molar-refractivity contribution is 5.76. The SMILES string of the molecule is CC(C)(C)OC(=O)N[C@H]1C[C@@H](NC(=O)N2CCc3ccccc3[C@@H]2c2ccc(F)cc2)C1. The number of rotatable bonds is 3. The van der Waals surface area contributed by atoms with E-state index in [1.54, 1.807) is 12.1 Å². The molecular weight excluding hydrogens is 409 g/mol. The van der Waals surface area contributed by atoms with Crippen molar-refractivity contribution >= 4 is 12.1 Å². The average molecular weight is 440 g/mol. The second kappa shape index (κ2) is 8.81. The van der Waals surface area contributed by atoms with E-state index in [0.29, 0.717) is 19.4 Å². The van der Waals surface area contributed by atoms with Crippen LogP contribution < -0.4 is 10.6 Å². The van der Waals surface area contributed by atoms with Gasteiger partial charge in [-0.2, -0.15) is 0 Å². The number of nitrogens with one attached hydrogen (secondary N) is 2. The van der Waals surface area contributed by atoms with E-state index in [-0.39, 0.29) is 30.0 Å². The maximum atomic E-state index is 13.5. The van der Waals surface area contributed by atoms with Crippen molar-refractivity contribution in [3.63, 3.8) is 0 Å². The molecule has 7 heteroatoms. The van der Waals surface area contributed by atoms with Gasteiger partial charge in [0.05, 0.1) is 6.04 Å². The lowest BCUT2D eigenvalue weighted by molar-refractivity contribution is 0.0466. The monoisotopic (exact) mass is 439 g/mol. The number of urea groups is 1. The van der Waals surface area contributed by atoms with Crippen molar-refractivity contribution < 1.29 is 18.7 Å². The number of halogens is 1. The first kappa shape index (κ1) is 22.1. The van der Waals surface area contributed by atoms with Crippen molar-refractivity contribution in [3.05, 3.63) is 71.0 Å². The Morgan fingerprint density at radius 3 is 2.34 bits per heavy atom. The fraction of sp³-hybridized carbons (Fsp3) is 0.440. The Morgan fingerprint density at radius 2 is 1.66 bits per heavy atom. The molecule has 32 heavy (non-hydrogen) atoms. The predicted molar refractivity (Wildman–Crippen MR) is 120 cm³/mol. The molecular formula is C25H30FN3O3. The van der Waals surface area contributed by atoms with Gasteiger partial charge in [-0.15, -0.1) is 0 Å². The van der Waals surface area contributed by atoms with E-state index in [0.717, 1.165) is 17.5 Å². The number of fused-ring (bicyclic) bond motifs is 1. The van der Waals surface area contributed by atoms with Crippen LogP contribution in [0.15, 0.2) is 48.5 Å². The highest BCUT2D eigenvalue weighted by Gasteiger charge is 2.36. The van der Waals surface area contributed by atoms with Gasteiger partial charge in [-0.25, -0.2) is 14.0 Å². The number of ether oxygens (including phenoxy) is 1. The van der Waals surface area contributed by atoms with Gasteiger partial charge in [0.1, 0.15) is 11.4 Å². The third-order valence-corrected chi connectivity index (χ3v) is 5.92. The van der Waals surface area contributed by atoms with E-state index >= 15 is 0 Å². The van der Waals surface area contributed by atoms with E-state index in [2.05, 4.69) is 16.7 Å². The Kier molecular flexibility index (Phi) is 6.09. The lowest BCUT2D eigenvalue weighted by Crippen LogP contribution is -2.57. The molecule has 0 aromatic heterocycles. The fourth-order valence-corrected chi connectivity index (χ4v) is 4.38. The number of hydrogen-bond acceptors (Lipinski definition) is 3. The van der Waals surface area contributed by atoms with Crippen molar-refractivity contribution in [1.82, 2.24) is 15.5 Å². The maximum absolute atomic E-state index is 13.5. The summed E-state index contributed by atoms with van der Waals surface area (Å²) in [4.78, 5) is 27.0. The van der Waals surface area contributed by atoms with E-state index < -0.39 is 11.7 Å². The van der Waals surface area contributed by atoms with Crippen molar-refractivity contribution in [2.24, 2.45) is 0 Å². The summed E-state index contributed by atoms with van der Waals surface area (Å²) in [6.07, 6.45) is 1.67. The highest BCUT2D eigenvalue weighted by atomic mass is 19.1. The lowest BCUT2D eigenvalue weighted by atomic mass is 9.86. The van der Waals surface area contributed by atoms with E-state index in [4.69, 9.17) is 4.74 Å². The van der Waals surface area contributed by atoms with Gasteiger partial charge >= 0.3 is 12.1 Å². The zero-order valence-electron chi connectivity index (χ0n) is 18.7. The highest BCUT2D eigenvalue weighted by Crippen LogP contribution is 2.35. The van der Waals surface area contributed by atoms with Crippen molar-refractivity contribution in [2.45, 2.75) is 63.8 Å². The van der Waals surface area contributed by atoms with E-state index in [1.165, 1.54) is 17.7 Å². The first-order valence-electron chi connectivity index (χ1n) is 11.1. The second-order valence-corrected chi connectivity index (χ2v) is 9.56. The van der Waals surface area contributed by atoms with Gasteiger partial charge in [-0.3, -0.25) is 0 Å². The molecule has 1 fully saturated rings. The van der Waals surface area contributed by atoms with Gasteiger partial charge < -0.3 is 20.3 Å². The molecule has 0 saturated heterocycles. The molecule has 2 N–H and O–H groups in total. The van der Waals surface area contributed by atoms with Crippen molar-refractivity contribution in [2.75, 3.05) is 6.54 Å². The van der Waals surface area contributed by atoms with Gasteiger partial charge in [0.15, 0.2) is 0 Å². The summed E-state index contributed by atoms with van der Waals surface area (Å²) in [5.74, 6) is -0.299. The summed E-state index contributed by atoms with van der Waals surface area (Å²) in [7, 11) is 0. The molecule has 3 amide bonds. The number of nitrogens with zero attached hydrogens (tertiary/aromatic N) is 1. The summed E-state index contributed by atoms with van der Waals surface area (Å²) >= 11 is 0. The Hall–Kier alpha value is -3.09. The molecule has 4 rings (SSSR count). The number of alkyl carbamates (subject to hydrolysis) is 1. The second-order valence-electron chi connectivity index (χ2n) is 9.56. The normalized spacial score (nSPS) is 22.4. The molecule has 0 unspecified atom stereocenters. The Bertz CT molecular complexity index is 981. The standard InChI is InChI=1S/C25H30FN3O3/c1-25(2,3)32-24(31)28-20-14-19(15-20)27-23(30)29-13-12-16-6-4-5-7-21(16)22(29)17-8-10-18(26)11-9-17/h4-11,19-20,22H,12-15H2,1-3H3,(H,27,30)(H,28,31)/t19-,20+,22-/m0/s1. The smallest absolute Gasteiger partial charge is 0.407 e. The van der Waals surface area contributed by atoms with E-state index in [9.17, 15) is 14.0 Å². The van der Waals surface area contributed by atoms with Crippen LogP contribution in [0.5, 0.6) is 0 Å². The topological polar surface area (TPSA) is 70.7 Å². The number of amides is 3. The Balaban J connectivity index is 1.41. The minimum Gasteiger partial charge on any atom is -0.444 e. The molecule has 0 bridgehead atoms. The molecule has 1 aliphatic carbocycles. The molecule has 170 valence electrons. The quantitative estimate of drug-likeness (QED) is 0.738. The van der Waals surface area contributed by atoms with Crippen LogP contribution >= 0.6 is 0 Å².